The molecular formula is C21H19ClN2O5. The van der Waals surface area contributed by atoms with E-state index in [2.05, 4.69) is 5.32 Å². The summed E-state index contributed by atoms with van der Waals surface area (Å²) in [5.41, 5.74) is 1.19. The molecule has 1 aliphatic rings. The number of hydrogen-bond acceptors (Lipinski definition) is 5. The molecule has 3 rings (SSSR count). The van der Waals surface area contributed by atoms with Crippen molar-refractivity contribution in [2.75, 3.05) is 4.90 Å². The number of rotatable bonds is 6. The summed E-state index contributed by atoms with van der Waals surface area (Å²) in [6, 6.07) is 13.1. The van der Waals surface area contributed by atoms with E-state index in [4.69, 9.17) is 16.3 Å². The van der Waals surface area contributed by atoms with E-state index >= 15 is 0 Å². The van der Waals surface area contributed by atoms with Crippen LogP contribution in [0.1, 0.15) is 35.7 Å². The van der Waals surface area contributed by atoms with Crippen molar-refractivity contribution >= 4 is 41.0 Å². The molecule has 1 N–H and O–H groups in total. The molecule has 0 saturated carbocycles. The van der Waals surface area contributed by atoms with Gasteiger partial charge in [-0.2, -0.15) is 0 Å². The molecule has 0 aromatic heterocycles. The summed E-state index contributed by atoms with van der Waals surface area (Å²) in [5, 5.41) is 3.19. The number of carbonyl (C=O) groups excluding carboxylic acids is 4. The third-order valence-electron chi connectivity index (χ3n) is 4.46. The van der Waals surface area contributed by atoms with Crippen LogP contribution in [0.4, 0.5) is 5.69 Å². The smallest absolute Gasteiger partial charge is 0.338 e. The summed E-state index contributed by atoms with van der Waals surface area (Å²) in [5.74, 6) is -1.83. The van der Waals surface area contributed by atoms with E-state index in [1.54, 1.807) is 36.4 Å². The van der Waals surface area contributed by atoms with Crippen LogP contribution < -0.4 is 10.2 Å². The van der Waals surface area contributed by atoms with Gasteiger partial charge in [0.05, 0.1) is 11.3 Å². The minimum Gasteiger partial charge on any atom is -0.449 e. The highest BCUT2D eigenvalue weighted by molar-refractivity contribution is 6.31. The second-order valence-electron chi connectivity index (χ2n) is 6.53. The first-order valence-corrected chi connectivity index (χ1v) is 9.42. The maximum absolute atomic E-state index is 12.4. The normalized spacial score (nSPS) is 14.6. The number of anilines is 1. The number of imide groups is 1. The van der Waals surface area contributed by atoms with E-state index < -0.39 is 18.0 Å². The fraction of sp³-hybridized carbons (Fsp3) is 0.238. The van der Waals surface area contributed by atoms with E-state index in [1.807, 2.05) is 0 Å². The molecule has 1 heterocycles. The highest BCUT2D eigenvalue weighted by Crippen LogP contribution is 2.24. The molecule has 1 atom stereocenters. The van der Waals surface area contributed by atoms with Crippen LogP contribution >= 0.6 is 11.6 Å². The molecule has 29 heavy (non-hydrogen) atoms. The van der Waals surface area contributed by atoms with E-state index in [0.717, 1.165) is 10.5 Å². The molecule has 3 amide bonds. The van der Waals surface area contributed by atoms with Crippen LogP contribution in [0.15, 0.2) is 48.5 Å². The van der Waals surface area contributed by atoms with Gasteiger partial charge in [-0.1, -0.05) is 35.9 Å². The van der Waals surface area contributed by atoms with Gasteiger partial charge < -0.3 is 10.1 Å². The number of carbonyl (C=O) groups is 4. The summed E-state index contributed by atoms with van der Waals surface area (Å²) in [6.45, 7) is 1.66. The van der Waals surface area contributed by atoms with Crippen molar-refractivity contribution in [2.45, 2.75) is 32.4 Å². The van der Waals surface area contributed by atoms with Gasteiger partial charge in [-0.05, 0) is 36.8 Å². The van der Waals surface area contributed by atoms with Gasteiger partial charge in [0.1, 0.15) is 0 Å². The summed E-state index contributed by atoms with van der Waals surface area (Å²) < 4.78 is 5.22. The van der Waals surface area contributed by atoms with Crippen LogP contribution in [0.5, 0.6) is 0 Å². The maximum Gasteiger partial charge on any atom is 0.338 e. The highest BCUT2D eigenvalue weighted by atomic mass is 35.5. The van der Waals surface area contributed by atoms with Crippen molar-refractivity contribution in [3.63, 3.8) is 0 Å². The Hall–Kier alpha value is -3.19. The minimum absolute atomic E-state index is 0.140. The lowest BCUT2D eigenvalue weighted by Crippen LogP contribution is -2.35. The lowest BCUT2D eigenvalue weighted by Gasteiger charge is -2.16. The number of nitrogens with zero attached hydrogens (tertiary/aromatic N) is 1. The predicted molar refractivity (Wildman–Crippen MR) is 106 cm³/mol. The molecule has 1 aliphatic heterocycles. The van der Waals surface area contributed by atoms with E-state index in [1.165, 1.54) is 19.1 Å². The van der Waals surface area contributed by atoms with Crippen LogP contribution in [0.25, 0.3) is 0 Å². The topological polar surface area (TPSA) is 92.8 Å². The number of nitrogens with one attached hydrogen (secondary N) is 1. The molecule has 150 valence electrons. The molecule has 2 aromatic rings. The van der Waals surface area contributed by atoms with Gasteiger partial charge in [0.25, 0.3) is 5.91 Å². The Labute approximate surface area is 172 Å². The summed E-state index contributed by atoms with van der Waals surface area (Å²) in [6.07, 6.45) is -0.740. The average molecular weight is 415 g/mol. The second kappa shape index (κ2) is 8.87. The Kier molecular flexibility index (Phi) is 6.29. The molecule has 0 spiro atoms. The molecular weight excluding hydrogens is 396 g/mol. The Morgan fingerprint density at radius 2 is 1.79 bits per heavy atom. The lowest BCUT2D eigenvalue weighted by molar-refractivity contribution is -0.129. The van der Waals surface area contributed by atoms with Crippen LogP contribution in [0.3, 0.4) is 0 Å². The fourth-order valence-electron chi connectivity index (χ4n) is 2.89. The van der Waals surface area contributed by atoms with Gasteiger partial charge >= 0.3 is 5.97 Å². The van der Waals surface area contributed by atoms with Gasteiger partial charge in [-0.25, -0.2) is 4.79 Å². The first kappa shape index (κ1) is 20.5. The SMILES string of the molecule is C[C@H](OC(=O)c1cccc(N2C(=O)CCC2=O)c1)C(=O)NCc1ccccc1Cl. The first-order chi connectivity index (χ1) is 13.9. The molecule has 0 aliphatic carbocycles. The van der Waals surface area contributed by atoms with Crippen LogP contribution in [-0.4, -0.2) is 29.8 Å². The molecule has 0 bridgehead atoms. The number of esters is 1. The molecule has 7 nitrogen and oxygen atoms in total. The molecule has 8 heteroatoms. The van der Waals surface area contributed by atoms with Crippen molar-refractivity contribution in [3.05, 3.63) is 64.7 Å². The zero-order valence-corrected chi connectivity index (χ0v) is 16.4. The Balaban J connectivity index is 1.61. The second-order valence-corrected chi connectivity index (χ2v) is 6.94. The van der Waals surface area contributed by atoms with Gasteiger partial charge in [0, 0.05) is 24.4 Å². The third-order valence-corrected chi connectivity index (χ3v) is 4.82. The number of halogens is 1. The van der Waals surface area contributed by atoms with Crippen LogP contribution in [0, 0.1) is 0 Å². The van der Waals surface area contributed by atoms with Crippen molar-refractivity contribution < 1.29 is 23.9 Å². The van der Waals surface area contributed by atoms with Crippen molar-refractivity contribution in [1.82, 2.24) is 5.32 Å². The summed E-state index contributed by atoms with van der Waals surface area (Å²) in [7, 11) is 0. The van der Waals surface area contributed by atoms with Crippen molar-refractivity contribution in [3.8, 4) is 0 Å². The van der Waals surface area contributed by atoms with E-state index in [9.17, 15) is 19.2 Å². The average Bonchev–Trinajstić information content (AvgIpc) is 3.05. The van der Waals surface area contributed by atoms with Gasteiger partial charge in [-0.3, -0.25) is 19.3 Å². The monoisotopic (exact) mass is 414 g/mol. The maximum atomic E-state index is 12.4. The Bertz CT molecular complexity index is 959. The molecule has 1 saturated heterocycles. The zero-order chi connectivity index (χ0) is 21.0. The van der Waals surface area contributed by atoms with Gasteiger partial charge in [0.2, 0.25) is 11.8 Å². The predicted octanol–water partition coefficient (Wildman–Crippen LogP) is 2.86. The standard InChI is InChI=1S/C21H19ClN2O5/c1-13(20(27)23-12-15-5-2-3-8-17(15)22)29-21(28)14-6-4-7-16(11-14)24-18(25)9-10-19(24)26/h2-8,11,13H,9-10,12H2,1H3,(H,23,27)/t13-/m0/s1. The largest absolute Gasteiger partial charge is 0.449 e. The number of benzene rings is 2. The zero-order valence-electron chi connectivity index (χ0n) is 15.7. The summed E-state index contributed by atoms with van der Waals surface area (Å²) in [4.78, 5) is 49.4. The lowest BCUT2D eigenvalue weighted by atomic mass is 10.2. The quantitative estimate of drug-likeness (QED) is 0.579. The molecule has 0 unspecified atom stereocenters. The third kappa shape index (κ3) is 4.81. The van der Waals surface area contributed by atoms with Crippen LogP contribution in [-0.2, 0) is 25.7 Å². The van der Waals surface area contributed by atoms with Gasteiger partial charge in [-0.15, -0.1) is 0 Å². The Morgan fingerprint density at radius 1 is 1.10 bits per heavy atom. The van der Waals surface area contributed by atoms with Crippen molar-refractivity contribution in [2.24, 2.45) is 0 Å². The van der Waals surface area contributed by atoms with Crippen molar-refractivity contribution in [1.29, 1.82) is 0 Å². The van der Waals surface area contributed by atoms with Gasteiger partial charge in [0.15, 0.2) is 6.10 Å². The highest BCUT2D eigenvalue weighted by Gasteiger charge is 2.30. The first-order valence-electron chi connectivity index (χ1n) is 9.05. The minimum atomic E-state index is -1.04. The Morgan fingerprint density at radius 3 is 2.48 bits per heavy atom. The summed E-state index contributed by atoms with van der Waals surface area (Å²) >= 11 is 6.05. The van der Waals surface area contributed by atoms with E-state index in [-0.39, 0.29) is 36.8 Å². The molecule has 0 radical (unpaired) electrons. The number of amides is 3. The van der Waals surface area contributed by atoms with E-state index in [0.29, 0.717) is 10.7 Å². The number of ether oxygens (including phenoxy) is 1. The fourth-order valence-corrected chi connectivity index (χ4v) is 3.09. The molecule has 1 fully saturated rings. The molecule has 2 aromatic carbocycles. The van der Waals surface area contributed by atoms with Crippen LogP contribution in [0.2, 0.25) is 5.02 Å². The number of hydrogen-bond donors (Lipinski definition) is 1.